The van der Waals surface area contributed by atoms with Crippen molar-refractivity contribution in [2.24, 2.45) is 23.7 Å². The first-order valence-electron chi connectivity index (χ1n) is 13.4. The van der Waals surface area contributed by atoms with Gasteiger partial charge in [-0.25, -0.2) is 10.3 Å². The van der Waals surface area contributed by atoms with Crippen molar-refractivity contribution in [2.75, 3.05) is 6.54 Å². The predicted octanol–water partition coefficient (Wildman–Crippen LogP) is 3.79. The van der Waals surface area contributed by atoms with E-state index < -0.39 is 12.2 Å². The van der Waals surface area contributed by atoms with Crippen LogP contribution in [0.1, 0.15) is 78.1 Å². The van der Waals surface area contributed by atoms with Gasteiger partial charge in [0.25, 0.3) is 0 Å². The Hall–Kier alpha value is -2.39. The summed E-state index contributed by atoms with van der Waals surface area (Å²) in [6, 6.07) is 0. The zero-order valence-corrected chi connectivity index (χ0v) is 21.5. The molecule has 3 aliphatic rings. The molecule has 3 rings (SSSR count). The van der Waals surface area contributed by atoms with E-state index in [4.69, 9.17) is 14.7 Å². The number of ether oxygens (including phenoxy) is 2. The van der Waals surface area contributed by atoms with Crippen LogP contribution in [0.25, 0.3) is 0 Å². The molecule has 9 nitrogen and oxygen atoms in total. The lowest BCUT2D eigenvalue weighted by molar-refractivity contribution is -0.160. The van der Waals surface area contributed by atoms with Crippen LogP contribution in [0.2, 0.25) is 0 Å². The summed E-state index contributed by atoms with van der Waals surface area (Å²) in [6.45, 7) is 4.83. The van der Waals surface area contributed by atoms with Gasteiger partial charge in [-0.15, -0.1) is 0 Å². The summed E-state index contributed by atoms with van der Waals surface area (Å²) in [5.74, 6) is 0.227. The second-order valence-electron chi connectivity index (χ2n) is 10.6. The molecule has 1 fully saturated rings. The Bertz CT molecular complexity index is 827. The maximum absolute atomic E-state index is 12.6. The van der Waals surface area contributed by atoms with Gasteiger partial charge in [0.15, 0.2) is 0 Å². The second kappa shape index (κ2) is 13.8. The second-order valence-corrected chi connectivity index (χ2v) is 10.6. The lowest BCUT2D eigenvalue weighted by atomic mass is 9.65. The molecule has 9 heteroatoms. The lowest BCUT2D eigenvalue weighted by Gasteiger charge is -2.43. The number of hydrogen-bond acceptors (Lipinski definition) is 7. The molecule has 4 N–H and O–H groups in total. The van der Waals surface area contributed by atoms with Crippen molar-refractivity contribution in [3.8, 4) is 0 Å². The van der Waals surface area contributed by atoms with Crippen LogP contribution in [0.3, 0.4) is 0 Å². The van der Waals surface area contributed by atoms with Crippen molar-refractivity contribution >= 4 is 18.0 Å². The minimum absolute atomic E-state index is 0.0678. The Balaban J connectivity index is 1.51. The molecule has 7 atom stereocenters. The third kappa shape index (κ3) is 8.34. The first-order valence-corrected chi connectivity index (χ1v) is 13.4. The van der Waals surface area contributed by atoms with Crippen molar-refractivity contribution in [2.45, 2.75) is 96.4 Å². The maximum Gasteiger partial charge on any atom is 0.407 e. The number of fused-ring (bicyclic) bond motifs is 1. The number of amides is 2. The van der Waals surface area contributed by atoms with Crippen LogP contribution < -0.4 is 10.8 Å². The van der Waals surface area contributed by atoms with Crippen molar-refractivity contribution in [3.05, 3.63) is 23.8 Å². The molecule has 2 amide bonds. The number of nitrogens with one attached hydrogen (secondary N) is 2. The standard InChI is InChI=1S/C27H42N2O7/c1-17-13-19-9-8-18(2)22(11-10-21-15-20(30)16-25(32)35-21)26(19)23(14-17)36-27(33)28-12-6-4-3-5-7-24(31)29-34/h8-9,13,17-18,20-23,26,30,34H,3-7,10-12,14-16H2,1-2H3,(H,28,33)(H,29,31)/t17-,18-,20+,21+,22-,23-,26-/m0/s1. The van der Waals surface area contributed by atoms with E-state index >= 15 is 0 Å². The smallest absolute Gasteiger partial charge is 0.407 e. The minimum Gasteiger partial charge on any atom is -0.462 e. The fraction of sp³-hybridized carbons (Fsp3) is 0.741. The molecule has 0 saturated carbocycles. The molecule has 0 radical (unpaired) electrons. The summed E-state index contributed by atoms with van der Waals surface area (Å²) in [6.07, 6.45) is 11.4. The third-order valence-electron chi connectivity index (χ3n) is 7.64. The van der Waals surface area contributed by atoms with Crippen LogP contribution >= 0.6 is 0 Å². The quantitative estimate of drug-likeness (QED) is 0.145. The van der Waals surface area contributed by atoms with Gasteiger partial charge in [0, 0.05) is 25.3 Å². The average Bonchev–Trinajstić information content (AvgIpc) is 2.82. The summed E-state index contributed by atoms with van der Waals surface area (Å²) in [7, 11) is 0. The molecule has 0 bridgehead atoms. The number of aliphatic hydroxyl groups is 1. The maximum atomic E-state index is 12.6. The average molecular weight is 507 g/mol. The molecule has 0 aromatic carbocycles. The summed E-state index contributed by atoms with van der Waals surface area (Å²) < 4.78 is 11.4. The molecule has 36 heavy (non-hydrogen) atoms. The van der Waals surface area contributed by atoms with Gasteiger partial charge in [0.2, 0.25) is 5.91 Å². The van der Waals surface area contributed by atoms with Gasteiger partial charge in [-0.2, -0.15) is 0 Å². The number of unbranched alkanes of at least 4 members (excludes halogenated alkanes) is 3. The largest absolute Gasteiger partial charge is 0.462 e. The topological polar surface area (TPSA) is 134 Å². The van der Waals surface area contributed by atoms with Gasteiger partial charge in [0.05, 0.1) is 12.5 Å². The zero-order chi connectivity index (χ0) is 26.1. The SMILES string of the molecule is C[C@H]1C=C2C=C[C@H](C)[C@H](CC[C@@H]3C[C@@H](O)CC(=O)O3)[C@H]2[C@@H](OC(=O)NCCCCCCC(=O)NO)C1. The van der Waals surface area contributed by atoms with Gasteiger partial charge >= 0.3 is 12.1 Å². The normalized spacial score (nSPS) is 31.6. The van der Waals surface area contributed by atoms with Gasteiger partial charge in [-0.05, 0) is 55.4 Å². The van der Waals surface area contributed by atoms with Crippen molar-refractivity contribution in [3.63, 3.8) is 0 Å². The van der Waals surface area contributed by atoms with Crippen LogP contribution in [0.15, 0.2) is 23.8 Å². The van der Waals surface area contributed by atoms with Gasteiger partial charge in [0.1, 0.15) is 12.2 Å². The zero-order valence-electron chi connectivity index (χ0n) is 21.5. The van der Waals surface area contributed by atoms with Gasteiger partial charge < -0.3 is 19.9 Å². The van der Waals surface area contributed by atoms with Crippen LogP contribution in [0, 0.1) is 23.7 Å². The van der Waals surface area contributed by atoms with Crippen molar-refractivity contribution < 1.29 is 34.2 Å². The van der Waals surface area contributed by atoms with Crippen molar-refractivity contribution in [1.82, 2.24) is 10.8 Å². The van der Waals surface area contributed by atoms with Crippen LogP contribution in [-0.2, 0) is 19.1 Å². The molecule has 202 valence electrons. The fourth-order valence-corrected chi connectivity index (χ4v) is 5.83. The fourth-order valence-electron chi connectivity index (χ4n) is 5.83. The highest BCUT2D eigenvalue weighted by molar-refractivity contribution is 5.74. The van der Waals surface area contributed by atoms with E-state index in [1.54, 1.807) is 5.48 Å². The molecule has 1 aliphatic heterocycles. The number of carbonyl (C=O) groups is 3. The number of esters is 1. The van der Waals surface area contributed by atoms with E-state index in [1.807, 2.05) is 0 Å². The molecule has 0 aromatic rings. The highest BCUT2D eigenvalue weighted by Gasteiger charge is 2.42. The molecule has 2 aliphatic carbocycles. The first kappa shape index (κ1) is 28.2. The van der Waals surface area contributed by atoms with Crippen molar-refractivity contribution in [1.29, 1.82) is 0 Å². The Kier molecular flexibility index (Phi) is 10.8. The number of hydrogen-bond donors (Lipinski definition) is 4. The molecule has 0 spiro atoms. The van der Waals surface area contributed by atoms with E-state index in [0.29, 0.717) is 44.1 Å². The van der Waals surface area contributed by atoms with Crippen LogP contribution in [-0.4, -0.2) is 53.1 Å². The summed E-state index contributed by atoms with van der Waals surface area (Å²) >= 11 is 0. The highest BCUT2D eigenvalue weighted by atomic mass is 16.6. The molecule has 1 saturated heterocycles. The van der Waals surface area contributed by atoms with Crippen LogP contribution in [0.4, 0.5) is 4.79 Å². The number of aliphatic hydroxyl groups excluding tert-OH is 1. The van der Waals surface area contributed by atoms with E-state index in [-0.39, 0.29) is 42.3 Å². The van der Waals surface area contributed by atoms with E-state index in [1.165, 1.54) is 5.57 Å². The number of carbonyl (C=O) groups excluding carboxylic acids is 3. The Morgan fingerprint density at radius 1 is 1.14 bits per heavy atom. The summed E-state index contributed by atoms with van der Waals surface area (Å²) in [4.78, 5) is 35.4. The third-order valence-corrected chi connectivity index (χ3v) is 7.64. The first-order chi connectivity index (χ1) is 17.3. The van der Waals surface area contributed by atoms with Gasteiger partial charge in [-0.1, -0.05) is 44.9 Å². The Morgan fingerprint density at radius 2 is 1.92 bits per heavy atom. The molecule has 0 unspecified atom stereocenters. The molecular weight excluding hydrogens is 464 g/mol. The highest BCUT2D eigenvalue weighted by Crippen LogP contribution is 2.45. The Morgan fingerprint density at radius 3 is 2.67 bits per heavy atom. The van der Waals surface area contributed by atoms with E-state index in [0.717, 1.165) is 32.1 Å². The van der Waals surface area contributed by atoms with Crippen LogP contribution in [0.5, 0.6) is 0 Å². The van der Waals surface area contributed by atoms with E-state index in [9.17, 15) is 19.5 Å². The number of allylic oxidation sites excluding steroid dienone is 3. The minimum atomic E-state index is -0.634. The number of alkyl carbamates (subject to hydrolysis) is 1. The summed E-state index contributed by atoms with van der Waals surface area (Å²) in [5.41, 5.74) is 2.84. The molecule has 0 aromatic heterocycles. The van der Waals surface area contributed by atoms with Gasteiger partial charge in [-0.3, -0.25) is 14.8 Å². The van der Waals surface area contributed by atoms with E-state index in [2.05, 4.69) is 37.4 Å². The monoisotopic (exact) mass is 506 g/mol. The number of rotatable bonds is 11. The molecule has 1 heterocycles. The lowest BCUT2D eigenvalue weighted by Crippen LogP contribution is -2.43. The number of cyclic esters (lactones) is 1. The summed E-state index contributed by atoms with van der Waals surface area (Å²) in [5, 5.41) is 21.3. The molecular formula is C27H42N2O7. The predicted molar refractivity (Wildman–Crippen MR) is 133 cm³/mol. The number of hydroxylamine groups is 1. The Labute approximate surface area is 213 Å².